The number of carbonyl (C=O) groups is 2. The van der Waals surface area contributed by atoms with Crippen LogP contribution >= 0.6 is 0 Å². The topological polar surface area (TPSA) is 76.0 Å². The minimum Gasteiger partial charge on any atom is -0.317 e. The highest BCUT2D eigenvalue weighted by atomic mass is 16.2. The van der Waals surface area contributed by atoms with Gasteiger partial charge in [-0.05, 0) is 62.9 Å². The van der Waals surface area contributed by atoms with E-state index in [1.165, 1.54) is 5.56 Å². The number of imidazole rings is 1. The molecule has 1 aromatic carbocycles. The van der Waals surface area contributed by atoms with Gasteiger partial charge in [0, 0.05) is 6.42 Å². The number of nitrogens with one attached hydrogen (secondary N) is 2. The lowest BCUT2D eigenvalue weighted by molar-refractivity contribution is -0.135. The van der Waals surface area contributed by atoms with Gasteiger partial charge in [0.05, 0.1) is 11.0 Å². The van der Waals surface area contributed by atoms with Gasteiger partial charge < -0.3 is 9.88 Å². The summed E-state index contributed by atoms with van der Waals surface area (Å²) in [7, 11) is 0. The Bertz CT molecular complexity index is 805. The third-order valence-electron chi connectivity index (χ3n) is 5.22. The molecule has 6 nitrogen and oxygen atoms in total. The molecule has 6 heteroatoms. The second kappa shape index (κ2) is 6.02. The maximum atomic E-state index is 12.2. The van der Waals surface area contributed by atoms with Crippen LogP contribution in [0, 0.1) is 6.92 Å². The van der Waals surface area contributed by atoms with Gasteiger partial charge in [-0.15, -0.1) is 0 Å². The molecule has 2 aromatic rings. The maximum absolute atomic E-state index is 12.2. The van der Waals surface area contributed by atoms with E-state index in [0.717, 1.165) is 42.8 Å². The second-order valence-corrected chi connectivity index (χ2v) is 6.77. The molecule has 1 unspecified atom stereocenters. The van der Waals surface area contributed by atoms with Crippen LogP contribution in [-0.4, -0.2) is 34.5 Å². The molecular formula is C18H22N4O2. The number of hydrogen-bond acceptors (Lipinski definition) is 4. The number of piperidine rings is 2. The fraction of sp³-hybridized carbons (Fsp3) is 0.500. The van der Waals surface area contributed by atoms with E-state index in [0.29, 0.717) is 18.8 Å². The summed E-state index contributed by atoms with van der Waals surface area (Å²) < 4.78 is 1.98. The average molecular weight is 326 g/mol. The molecule has 1 atom stereocenters. The Hall–Kier alpha value is -2.21. The van der Waals surface area contributed by atoms with Crippen LogP contribution in [0.15, 0.2) is 18.2 Å². The summed E-state index contributed by atoms with van der Waals surface area (Å²) in [4.78, 5) is 28.3. The van der Waals surface area contributed by atoms with E-state index in [-0.39, 0.29) is 17.9 Å². The molecule has 126 valence electrons. The SMILES string of the molecule is Cc1nc2cc(C3CCNCC3)ccc2n1C1CCC(=O)NC1=O. The molecule has 4 rings (SSSR count). The van der Waals surface area contributed by atoms with E-state index in [1.807, 2.05) is 11.5 Å². The monoisotopic (exact) mass is 326 g/mol. The molecule has 0 radical (unpaired) electrons. The van der Waals surface area contributed by atoms with Crippen LogP contribution < -0.4 is 10.6 Å². The number of imide groups is 1. The van der Waals surface area contributed by atoms with Crippen molar-refractivity contribution in [2.75, 3.05) is 13.1 Å². The van der Waals surface area contributed by atoms with E-state index < -0.39 is 0 Å². The molecule has 2 aliphatic heterocycles. The van der Waals surface area contributed by atoms with Crippen molar-refractivity contribution in [3.63, 3.8) is 0 Å². The smallest absolute Gasteiger partial charge is 0.249 e. The molecule has 24 heavy (non-hydrogen) atoms. The summed E-state index contributed by atoms with van der Waals surface area (Å²) in [6, 6.07) is 6.07. The predicted octanol–water partition coefficient (Wildman–Crippen LogP) is 1.79. The van der Waals surface area contributed by atoms with Crippen molar-refractivity contribution >= 4 is 22.8 Å². The van der Waals surface area contributed by atoms with Crippen LogP contribution in [0.25, 0.3) is 11.0 Å². The van der Waals surface area contributed by atoms with Crippen molar-refractivity contribution in [1.29, 1.82) is 0 Å². The van der Waals surface area contributed by atoms with Gasteiger partial charge in [-0.3, -0.25) is 14.9 Å². The summed E-state index contributed by atoms with van der Waals surface area (Å²) in [6.07, 6.45) is 3.21. The summed E-state index contributed by atoms with van der Waals surface area (Å²) in [5.41, 5.74) is 3.24. The van der Waals surface area contributed by atoms with E-state index in [4.69, 9.17) is 0 Å². The quantitative estimate of drug-likeness (QED) is 0.825. The highest BCUT2D eigenvalue weighted by Gasteiger charge is 2.30. The number of rotatable bonds is 2. The van der Waals surface area contributed by atoms with E-state index in [2.05, 4.69) is 33.8 Å². The molecule has 2 amide bonds. The largest absolute Gasteiger partial charge is 0.317 e. The van der Waals surface area contributed by atoms with Crippen molar-refractivity contribution in [1.82, 2.24) is 20.2 Å². The molecule has 0 spiro atoms. The molecule has 2 N–H and O–H groups in total. The molecular weight excluding hydrogens is 304 g/mol. The van der Waals surface area contributed by atoms with Gasteiger partial charge in [0.2, 0.25) is 11.8 Å². The molecule has 2 fully saturated rings. The van der Waals surface area contributed by atoms with Gasteiger partial charge in [0.25, 0.3) is 0 Å². The first-order valence-corrected chi connectivity index (χ1v) is 8.66. The predicted molar refractivity (Wildman–Crippen MR) is 90.7 cm³/mol. The van der Waals surface area contributed by atoms with Crippen molar-refractivity contribution in [3.05, 3.63) is 29.6 Å². The minimum absolute atomic E-state index is 0.188. The zero-order valence-corrected chi connectivity index (χ0v) is 13.8. The summed E-state index contributed by atoms with van der Waals surface area (Å²) in [5.74, 6) is 0.987. The lowest BCUT2D eigenvalue weighted by Crippen LogP contribution is -2.41. The molecule has 2 aliphatic rings. The molecule has 0 bridgehead atoms. The molecule has 0 saturated carbocycles. The van der Waals surface area contributed by atoms with E-state index in [9.17, 15) is 9.59 Å². The minimum atomic E-state index is -0.350. The Kier molecular flexibility index (Phi) is 3.84. The maximum Gasteiger partial charge on any atom is 0.249 e. The highest BCUT2D eigenvalue weighted by Crippen LogP contribution is 2.31. The lowest BCUT2D eigenvalue weighted by atomic mass is 9.90. The van der Waals surface area contributed by atoms with Gasteiger partial charge in [0.15, 0.2) is 0 Å². The molecule has 0 aliphatic carbocycles. The Labute approximate surface area is 140 Å². The van der Waals surface area contributed by atoms with Crippen molar-refractivity contribution in [2.24, 2.45) is 0 Å². The van der Waals surface area contributed by atoms with Crippen LogP contribution in [0.1, 0.15) is 49.0 Å². The Morgan fingerprint density at radius 1 is 1.17 bits per heavy atom. The second-order valence-electron chi connectivity index (χ2n) is 6.77. The van der Waals surface area contributed by atoms with Crippen LogP contribution in [0.5, 0.6) is 0 Å². The van der Waals surface area contributed by atoms with Gasteiger partial charge >= 0.3 is 0 Å². The van der Waals surface area contributed by atoms with Crippen LogP contribution in [0.2, 0.25) is 0 Å². The van der Waals surface area contributed by atoms with Gasteiger partial charge in [-0.1, -0.05) is 6.07 Å². The first-order valence-electron chi connectivity index (χ1n) is 8.66. The van der Waals surface area contributed by atoms with Crippen LogP contribution in [0.4, 0.5) is 0 Å². The zero-order valence-electron chi connectivity index (χ0n) is 13.8. The van der Waals surface area contributed by atoms with Crippen LogP contribution in [0.3, 0.4) is 0 Å². The van der Waals surface area contributed by atoms with Gasteiger partial charge in [-0.25, -0.2) is 4.98 Å². The molecule has 2 saturated heterocycles. The third-order valence-corrected chi connectivity index (χ3v) is 5.22. The van der Waals surface area contributed by atoms with Crippen molar-refractivity contribution in [2.45, 2.75) is 44.6 Å². The highest BCUT2D eigenvalue weighted by molar-refractivity contribution is 6.00. The number of fused-ring (bicyclic) bond motifs is 1. The van der Waals surface area contributed by atoms with Crippen molar-refractivity contribution in [3.8, 4) is 0 Å². The number of aryl methyl sites for hydroxylation is 1. The number of aromatic nitrogens is 2. The number of amides is 2. The third kappa shape index (κ3) is 2.60. The normalized spacial score (nSPS) is 22.8. The summed E-state index contributed by atoms with van der Waals surface area (Å²) in [6.45, 7) is 4.05. The summed E-state index contributed by atoms with van der Waals surface area (Å²) >= 11 is 0. The van der Waals surface area contributed by atoms with Gasteiger partial charge in [0.1, 0.15) is 11.9 Å². The van der Waals surface area contributed by atoms with E-state index in [1.54, 1.807) is 0 Å². The Balaban J connectivity index is 1.71. The molecule has 3 heterocycles. The zero-order chi connectivity index (χ0) is 16.7. The number of carbonyl (C=O) groups excluding carboxylic acids is 2. The Morgan fingerprint density at radius 3 is 2.71 bits per heavy atom. The van der Waals surface area contributed by atoms with Gasteiger partial charge in [-0.2, -0.15) is 0 Å². The number of benzene rings is 1. The summed E-state index contributed by atoms with van der Waals surface area (Å²) in [5, 5.41) is 5.83. The standard InChI is InChI=1S/C18H22N4O2/c1-11-20-14-10-13(12-6-8-19-9-7-12)2-3-15(14)22(11)16-4-5-17(23)21-18(16)24/h2-3,10,12,16,19H,4-9H2,1H3,(H,21,23,24). The van der Waals surface area contributed by atoms with E-state index >= 15 is 0 Å². The van der Waals surface area contributed by atoms with Crippen LogP contribution in [-0.2, 0) is 9.59 Å². The number of nitrogens with zero attached hydrogens (tertiary/aromatic N) is 2. The molecule has 1 aromatic heterocycles. The first-order chi connectivity index (χ1) is 11.6. The fourth-order valence-electron chi connectivity index (χ4n) is 3.97. The Morgan fingerprint density at radius 2 is 1.96 bits per heavy atom. The fourth-order valence-corrected chi connectivity index (χ4v) is 3.97. The average Bonchev–Trinajstić information content (AvgIpc) is 2.91. The number of hydrogen-bond donors (Lipinski definition) is 2. The lowest BCUT2D eigenvalue weighted by Gasteiger charge is -2.24. The first kappa shape index (κ1) is 15.3. The van der Waals surface area contributed by atoms with Crippen molar-refractivity contribution < 1.29 is 9.59 Å².